The van der Waals surface area contributed by atoms with Gasteiger partial charge >= 0.3 is 0 Å². The smallest absolute Gasteiger partial charge is 0.240 e. The molecule has 0 spiro atoms. The topological polar surface area (TPSA) is 56.1 Å². The van der Waals surface area contributed by atoms with Gasteiger partial charge in [-0.15, -0.1) is 0 Å². The van der Waals surface area contributed by atoms with Gasteiger partial charge in [0.25, 0.3) is 0 Å². The van der Waals surface area contributed by atoms with E-state index in [-0.39, 0.29) is 12.5 Å². The van der Waals surface area contributed by atoms with E-state index in [9.17, 15) is 4.79 Å². The second-order valence-corrected chi connectivity index (χ2v) is 7.40. The normalized spacial score (nSPS) is 10.9. The number of carbonyl (C=O) groups is 1. The van der Waals surface area contributed by atoms with Crippen LogP contribution in [0, 0.1) is 0 Å². The predicted octanol–water partition coefficient (Wildman–Crippen LogP) is 4.61. The van der Waals surface area contributed by atoms with Crippen LogP contribution in [0.3, 0.4) is 0 Å². The Bertz CT molecular complexity index is 1170. The van der Waals surface area contributed by atoms with Crippen molar-refractivity contribution in [3.63, 3.8) is 0 Å². The van der Waals surface area contributed by atoms with E-state index < -0.39 is 0 Å². The highest BCUT2D eigenvalue weighted by atomic mass is 35.5. The molecule has 0 radical (unpaired) electrons. The first-order valence-electron chi connectivity index (χ1n) is 9.71. The minimum absolute atomic E-state index is 0.0746. The molecule has 0 aliphatic heterocycles. The zero-order chi connectivity index (χ0) is 20.9. The summed E-state index contributed by atoms with van der Waals surface area (Å²) >= 11 is 6.34. The molecule has 152 valence electrons. The summed E-state index contributed by atoms with van der Waals surface area (Å²) in [5, 5.41) is 3.68. The van der Waals surface area contributed by atoms with Gasteiger partial charge in [-0.3, -0.25) is 4.79 Å². The molecule has 4 rings (SSSR count). The second kappa shape index (κ2) is 9.01. The molecule has 0 bridgehead atoms. The number of para-hydroxylation sites is 2. The summed E-state index contributed by atoms with van der Waals surface area (Å²) in [5.41, 5.74) is 3.78. The van der Waals surface area contributed by atoms with E-state index in [1.165, 1.54) is 0 Å². The van der Waals surface area contributed by atoms with Crippen molar-refractivity contribution in [2.24, 2.45) is 0 Å². The van der Waals surface area contributed by atoms with Crippen LogP contribution in [0.2, 0.25) is 5.02 Å². The molecule has 1 N–H and O–H groups in total. The third kappa shape index (κ3) is 4.47. The lowest BCUT2D eigenvalue weighted by atomic mass is 10.1. The van der Waals surface area contributed by atoms with E-state index in [1.54, 1.807) is 7.11 Å². The van der Waals surface area contributed by atoms with Crippen LogP contribution in [0.4, 0.5) is 0 Å². The molecule has 0 fully saturated rings. The number of benzene rings is 3. The Balaban J connectivity index is 1.53. The number of hydrogen-bond acceptors (Lipinski definition) is 3. The van der Waals surface area contributed by atoms with E-state index in [2.05, 4.69) is 5.32 Å². The Morgan fingerprint density at radius 1 is 1.03 bits per heavy atom. The van der Waals surface area contributed by atoms with Crippen LogP contribution in [0.25, 0.3) is 11.0 Å². The maximum atomic E-state index is 12.7. The predicted molar refractivity (Wildman–Crippen MR) is 119 cm³/mol. The first-order valence-corrected chi connectivity index (χ1v) is 10.1. The van der Waals surface area contributed by atoms with Crippen LogP contribution >= 0.6 is 11.6 Å². The van der Waals surface area contributed by atoms with E-state index in [0.717, 1.165) is 33.7 Å². The van der Waals surface area contributed by atoms with E-state index in [1.807, 2.05) is 77.4 Å². The molecule has 1 amide bonds. The van der Waals surface area contributed by atoms with Gasteiger partial charge in [0.05, 0.1) is 18.1 Å². The SMILES string of the molecule is COc1ccc(CNC(=O)Cn2c(Cc3ccccc3Cl)nc3ccccc32)cc1. The van der Waals surface area contributed by atoms with Gasteiger partial charge in [0.15, 0.2) is 0 Å². The van der Waals surface area contributed by atoms with Crippen molar-refractivity contribution in [3.8, 4) is 5.75 Å². The van der Waals surface area contributed by atoms with Crippen LogP contribution in [0.1, 0.15) is 17.0 Å². The molecular weight excluding hydrogens is 398 g/mol. The summed E-state index contributed by atoms with van der Waals surface area (Å²) < 4.78 is 7.13. The lowest BCUT2D eigenvalue weighted by molar-refractivity contribution is -0.121. The minimum atomic E-state index is -0.0746. The van der Waals surface area contributed by atoms with Gasteiger partial charge in [0.1, 0.15) is 18.1 Å². The Labute approximate surface area is 180 Å². The molecule has 1 aromatic heterocycles. The van der Waals surface area contributed by atoms with E-state index in [0.29, 0.717) is 18.0 Å². The number of rotatable bonds is 7. The monoisotopic (exact) mass is 419 g/mol. The molecule has 6 heteroatoms. The lowest BCUT2D eigenvalue weighted by Crippen LogP contribution is -2.27. The third-order valence-corrected chi connectivity index (χ3v) is 5.36. The van der Waals surface area contributed by atoms with Gasteiger partial charge in [-0.05, 0) is 41.5 Å². The van der Waals surface area contributed by atoms with Crippen LogP contribution in [0.5, 0.6) is 5.75 Å². The highest BCUT2D eigenvalue weighted by Gasteiger charge is 2.15. The van der Waals surface area contributed by atoms with Gasteiger partial charge in [0, 0.05) is 18.0 Å². The van der Waals surface area contributed by atoms with Crippen LogP contribution < -0.4 is 10.1 Å². The average molecular weight is 420 g/mol. The van der Waals surface area contributed by atoms with Crippen LogP contribution in [0.15, 0.2) is 72.8 Å². The standard InChI is InChI=1S/C24H22ClN3O2/c1-30-19-12-10-17(11-13-19)15-26-24(29)16-28-22-9-5-4-8-21(22)27-23(28)14-18-6-2-3-7-20(18)25/h2-13H,14-16H2,1H3,(H,26,29). The fraction of sp³-hybridized carbons (Fsp3) is 0.167. The molecule has 30 heavy (non-hydrogen) atoms. The van der Waals surface area contributed by atoms with Crippen LogP contribution in [-0.4, -0.2) is 22.6 Å². The molecule has 0 saturated heterocycles. The minimum Gasteiger partial charge on any atom is -0.497 e. The Hall–Kier alpha value is -3.31. The Morgan fingerprint density at radius 2 is 1.77 bits per heavy atom. The van der Waals surface area contributed by atoms with Crippen molar-refractivity contribution in [1.82, 2.24) is 14.9 Å². The number of methoxy groups -OCH3 is 1. The number of imidazole rings is 1. The fourth-order valence-corrected chi connectivity index (χ4v) is 3.59. The van der Waals surface area contributed by atoms with Gasteiger partial charge in [0.2, 0.25) is 5.91 Å². The fourth-order valence-electron chi connectivity index (χ4n) is 3.39. The summed E-state index contributed by atoms with van der Waals surface area (Å²) in [6.45, 7) is 0.645. The summed E-state index contributed by atoms with van der Waals surface area (Å²) in [6, 6.07) is 23.2. The van der Waals surface area contributed by atoms with Crippen molar-refractivity contribution in [3.05, 3.63) is 94.8 Å². The number of amides is 1. The molecular formula is C24H22ClN3O2. The number of halogens is 1. The molecule has 0 atom stereocenters. The number of hydrogen-bond donors (Lipinski definition) is 1. The second-order valence-electron chi connectivity index (χ2n) is 7.00. The summed E-state index contributed by atoms with van der Waals surface area (Å²) in [7, 11) is 1.63. The van der Waals surface area contributed by atoms with Gasteiger partial charge in [-0.2, -0.15) is 0 Å². The molecule has 0 aliphatic rings. The quantitative estimate of drug-likeness (QED) is 0.476. The van der Waals surface area contributed by atoms with Crippen molar-refractivity contribution in [1.29, 1.82) is 0 Å². The third-order valence-electron chi connectivity index (χ3n) is 4.99. The molecule has 0 aliphatic carbocycles. The first kappa shape index (κ1) is 20.0. The largest absolute Gasteiger partial charge is 0.497 e. The highest BCUT2D eigenvalue weighted by Crippen LogP contribution is 2.22. The maximum Gasteiger partial charge on any atom is 0.240 e. The molecule has 1 heterocycles. The van der Waals surface area contributed by atoms with Gasteiger partial charge in [-0.25, -0.2) is 4.98 Å². The number of nitrogens with one attached hydrogen (secondary N) is 1. The summed E-state index contributed by atoms with van der Waals surface area (Å²) in [5.74, 6) is 1.53. The lowest BCUT2D eigenvalue weighted by Gasteiger charge is -2.11. The molecule has 0 unspecified atom stereocenters. The van der Waals surface area contributed by atoms with E-state index in [4.69, 9.17) is 21.3 Å². The Morgan fingerprint density at radius 3 is 2.53 bits per heavy atom. The van der Waals surface area contributed by atoms with E-state index >= 15 is 0 Å². The number of aromatic nitrogens is 2. The molecule has 0 saturated carbocycles. The zero-order valence-corrected chi connectivity index (χ0v) is 17.4. The zero-order valence-electron chi connectivity index (χ0n) is 16.6. The van der Waals surface area contributed by atoms with Gasteiger partial charge in [-0.1, -0.05) is 54.1 Å². The van der Waals surface area contributed by atoms with Crippen molar-refractivity contribution >= 4 is 28.5 Å². The van der Waals surface area contributed by atoms with Crippen molar-refractivity contribution in [2.75, 3.05) is 7.11 Å². The average Bonchev–Trinajstić information content (AvgIpc) is 3.11. The molecule has 4 aromatic rings. The highest BCUT2D eigenvalue weighted by molar-refractivity contribution is 6.31. The summed E-state index contributed by atoms with van der Waals surface area (Å²) in [6.07, 6.45) is 0.556. The number of fused-ring (bicyclic) bond motifs is 1. The molecule has 3 aromatic carbocycles. The maximum absolute atomic E-state index is 12.7. The number of carbonyl (C=O) groups excluding carboxylic acids is 1. The van der Waals surface area contributed by atoms with Crippen molar-refractivity contribution < 1.29 is 9.53 Å². The summed E-state index contributed by atoms with van der Waals surface area (Å²) in [4.78, 5) is 17.5. The Kier molecular flexibility index (Phi) is 6.00. The van der Waals surface area contributed by atoms with Gasteiger partial charge < -0.3 is 14.6 Å². The van der Waals surface area contributed by atoms with Crippen molar-refractivity contribution in [2.45, 2.75) is 19.5 Å². The van der Waals surface area contributed by atoms with Crippen LogP contribution in [-0.2, 0) is 24.3 Å². The number of nitrogens with zero attached hydrogens (tertiary/aromatic N) is 2. The first-order chi connectivity index (χ1) is 14.6. The molecule has 5 nitrogen and oxygen atoms in total. The number of ether oxygens (including phenoxy) is 1.